The van der Waals surface area contributed by atoms with Crippen molar-refractivity contribution in [2.45, 2.75) is 6.61 Å². The smallest absolute Gasteiger partial charge is 0.221 e. The molecule has 0 unspecified atom stereocenters. The van der Waals surface area contributed by atoms with Gasteiger partial charge in [-0.3, -0.25) is 10.8 Å². The van der Waals surface area contributed by atoms with E-state index < -0.39 is 11.6 Å². The van der Waals surface area contributed by atoms with Crippen molar-refractivity contribution in [3.05, 3.63) is 107 Å². The maximum Gasteiger partial charge on any atom is 0.221 e. The Morgan fingerprint density at radius 1 is 0.909 bits per heavy atom. The Hall–Kier alpha value is -4.39. The highest BCUT2D eigenvalue weighted by molar-refractivity contribution is 6.24. The van der Waals surface area contributed by atoms with Gasteiger partial charge in [0.2, 0.25) is 5.90 Å². The van der Waals surface area contributed by atoms with Gasteiger partial charge in [0.05, 0.1) is 11.2 Å². The van der Waals surface area contributed by atoms with E-state index in [-0.39, 0.29) is 12.5 Å². The van der Waals surface area contributed by atoms with Crippen LogP contribution >= 0.6 is 0 Å². The minimum absolute atomic E-state index is 0.286. The number of rotatable bonds is 7. The van der Waals surface area contributed by atoms with Crippen LogP contribution in [0, 0.1) is 22.5 Å². The third-order valence-corrected chi connectivity index (χ3v) is 4.88. The molecule has 4 rings (SSSR count). The summed E-state index contributed by atoms with van der Waals surface area (Å²) in [6.07, 6.45) is 2.12. The molecule has 164 valence electrons. The van der Waals surface area contributed by atoms with Crippen LogP contribution in [0.25, 0.3) is 22.6 Å². The summed E-state index contributed by atoms with van der Waals surface area (Å²) in [6.45, 7) is 0.286. The zero-order chi connectivity index (χ0) is 23.2. The maximum atomic E-state index is 13.6. The zero-order valence-electron chi connectivity index (χ0n) is 17.4. The lowest BCUT2D eigenvalue weighted by atomic mass is 10.0. The van der Waals surface area contributed by atoms with Crippen molar-refractivity contribution < 1.29 is 18.3 Å². The van der Waals surface area contributed by atoms with E-state index in [9.17, 15) is 8.78 Å². The lowest BCUT2D eigenvalue weighted by molar-refractivity contribution is 0.302. The average molecular weight is 443 g/mol. The molecule has 0 aliphatic heterocycles. The molecule has 0 atom stereocenters. The van der Waals surface area contributed by atoms with E-state index in [0.29, 0.717) is 28.9 Å². The molecule has 0 bridgehead atoms. The van der Waals surface area contributed by atoms with Gasteiger partial charge in [-0.2, -0.15) is 0 Å². The molecule has 5 nitrogen and oxygen atoms in total. The summed E-state index contributed by atoms with van der Waals surface area (Å²) >= 11 is 0. The molecule has 0 saturated heterocycles. The van der Waals surface area contributed by atoms with Gasteiger partial charge >= 0.3 is 0 Å². The van der Waals surface area contributed by atoms with E-state index in [1.165, 1.54) is 12.1 Å². The van der Waals surface area contributed by atoms with Gasteiger partial charge in [0.15, 0.2) is 18.0 Å². The van der Waals surface area contributed by atoms with Crippen LogP contribution < -0.4 is 4.74 Å². The van der Waals surface area contributed by atoms with E-state index in [2.05, 4.69) is 4.98 Å². The third kappa shape index (κ3) is 5.27. The van der Waals surface area contributed by atoms with Gasteiger partial charge < -0.3 is 9.47 Å². The molecular formula is C26H19F2N3O2. The summed E-state index contributed by atoms with van der Waals surface area (Å²) in [5.74, 6) is -1.65. The molecule has 1 aromatic heterocycles. The van der Waals surface area contributed by atoms with E-state index in [1.807, 2.05) is 36.4 Å². The third-order valence-electron chi connectivity index (χ3n) is 4.88. The SMILES string of the molecule is N=COC(=N)/C(=C/c1ccc(F)c(F)c1)c1ccc(OCc2ccc3ccccc3n2)cc1. The summed E-state index contributed by atoms with van der Waals surface area (Å²) in [5.41, 5.74) is 2.92. The van der Waals surface area contributed by atoms with Gasteiger partial charge in [0, 0.05) is 11.0 Å². The van der Waals surface area contributed by atoms with Crippen LogP contribution in [0.4, 0.5) is 8.78 Å². The van der Waals surface area contributed by atoms with Crippen molar-refractivity contribution in [2.24, 2.45) is 0 Å². The number of hydrogen-bond donors (Lipinski definition) is 2. The number of benzene rings is 3. The maximum absolute atomic E-state index is 13.6. The van der Waals surface area contributed by atoms with Gasteiger partial charge in [-0.05, 0) is 53.6 Å². The fraction of sp³-hybridized carbons (Fsp3) is 0.0385. The standard InChI is InChI=1S/C26H19F2N3O2/c27-23-12-5-17(14-24(23)28)13-22(26(30)33-16-29)18-7-10-21(11-8-18)32-15-20-9-6-19-3-1-2-4-25(19)31-20/h1-14,16,29-30H,15H2/b22-13+,29-16?,30-26?. The molecule has 0 radical (unpaired) electrons. The summed E-state index contributed by atoms with van der Waals surface area (Å²) in [4.78, 5) is 4.58. The van der Waals surface area contributed by atoms with Crippen LogP contribution in [-0.2, 0) is 11.3 Å². The topological polar surface area (TPSA) is 79.0 Å². The first-order chi connectivity index (χ1) is 16.0. The summed E-state index contributed by atoms with van der Waals surface area (Å²) < 4.78 is 37.6. The van der Waals surface area contributed by atoms with Gasteiger partial charge in [0.25, 0.3) is 0 Å². The molecule has 0 amide bonds. The van der Waals surface area contributed by atoms with Crippen molar-refractivity contribution in [2.75, 3.05) is 0 Å². The minimum atomic E-state index is -0.992. The highest BCUT2D eigenvalue weighted by Crippen LogP contribution is 2.24. The largest absolute Gasteiger partial charge is 0.487 e. The van der Waals surface area contributed by atoms with Crippen LogP contribution in [0.15, 0.2) is 78.9 Å². The van der Waals surface area contributed by atoms with Gasteiger partial charge in [-0.1, -0.05) is 42.5 Å². The van der Waals surface area contributed by atoms with Crippen LogP contribution in [0.5, 0.6) is 5.75 Å². The first-order valence-electron chi connectivity index (χ1n) is 10.0. The van der Waals surface area contributed by atoms with E-state index >= 15 is 0 Å². The summed E-state index contributed by atoms with van der Waals surface area (Å²) in [6, 6.07) is 22.1. The Kier molecular flexibility index (Phi) is 6.50. The summed E-state index contributed by atoms with van der Waals surface area (Å²) in [7, 11) is 0. The van der Waals surface area contributed by atoms with Crippen molar-refractivity contribution in [3.63, 3.8) is 0 Å². The lowest BCUT2D eigenvalue weighted by Crippen LogP contribution is -2.05. The molecule has 1 heterocycles. The molecule has 2 N–H and O–H groups in total. The number of halogens is 2. The second-order valence-corrected chi connectivity index (χ2v) is 7.10. The molecule has 7 heteroatoms. The number of hydrogen-bond acceptors (Lipinski definition) is 5. The number of pyridine rings is 1. The molecule has 0 aliphatic carbocycles. The van der Waals surface area contributed by atoms with E-state index in [0.717, 1.165) is 28.7 Å². The molecule has 3 aromatic carbocycles. The first-order valence-corrected chi connectivity index (χ1v) is 10.0. The van der Waals surface area contributed by atoms with Crippen LogP contribution in [0.3, 0.4) is 0 Å². The summed E-state index contributed by atoms with van der Waals surface area (Å²) in [5, 5.41) is 16.2. The highest BCUT2D eigenvalue weighted by Gasteiger charge is 2.12. The molecule has 0 spiro atoms. The number of nitrogens with one attached hydrogen (secondary N) is 2. The Morgan fingerprint density at radius 3 is 2.45 bits per heavy atom. The predicted molar refractivity (Wildman–Crippen MR) is 124 cm³/mol. The number of nitrogens with zero attached hydrogens (tertiary/aromatic N) is 1. The average Bonchev–Trinajstić information content (AvgIpc) is 2.84. The minimum Gasteiger partial charge on any atom is -0.487 e. The molecule has 0 aliphatic rings. The van der Waals surface area contributed by atoms with Gasteiger partial charge in [0.1, 0.15) is 12.4 Å². The van der Waals surface area contributed by atoms with Gasteiger partial charge in [-0.15, -0.1) is 0 Å². The van der Waals surface area contributed by atoms with Crippen molar-refractivity contribution in [3.8, 4) is 5.75 Å². The zero-order valence-corrected chi connectivity index (χ0v) is 17.4. The van der Waals surface area contributed by atoms with Crippen molar-refractivity contribution in [1.82, 2.24) is 4.98 Å². The number of fused-ring (bicyclic) bond motifs is 1. The Balaban J connectivity index is 1.53. The quantitative estimate of drug-likeness (QED) is 0.202. The van der Waals surface area contributed by atoms with Crippen LogP contribution in [0.2, 0.25) is 0 Å². The number of aromatic nitrogens is 1. The predicted octanol–water partition coefficient (Wildman–Crippen LogP) is 6.23. The van der Waals surface area contributed by atoms with E-state index in [4.69, 9.17) is 20.3 Å². The lowest BCUT2D eigenvalue weighted by Gasteiger charge is -2.11. The van der Waals surface area contributed by atoms with Crippen LogP contribution in [-0.4, -0.2) is 17.3 Å². The first kappa shape index (κ1) is 21.8. The Morgan fingerprint density at radius 2 is 1.70 bits per heavy atom. The normalized spacial score (nSPS) is 11.3. The van der Waals surface area contributed by atoms with Crippen molar-refractivity contribution in [1.29, 1.82) is 10.8 Å². The fourth-order valence-corrected chi connectivity index (χ4v) is 3.25. The molecule has 4 aromatic rings. The Bertz CT molecular complexity index is 1350. The van der Waals surface area contributed by atoms with Crippen LogP contribution in [0.1, 0.15) is 16.8 Å². The number of para-hydroxylation sites is 1. The second kappa shape index (κ2) is 9.82. The highest BCUT2D eigenvalue weighted by atomic mass is 19.2. The number of ether oxygens (including phenoxy) is 2. The van der Waals surface area contributed by atoms with E-state index in [1.54, 1.807) is 24.3 Å². The molecule has 0 saturated carbocycles. The second-order valence-electron chi connectivity index (χ2n) is 7.10. The van der Waals surface area contributed by atoms with Crippen molar-refractivity contribution >= 4 is 34.9 Å². The monoisotopic (exact) mass is 443 g/mol. The van der Waals surface area contributed by atoms with Gasteiger partial charge in [-0.25, -0.2) is 13.8 Å². The fourth-order valence-electron chi connectivity index (χ4n) is 3.25. The molecular weight excluding hydrogens is 424 g/mol. The molecule has 0 fully saturated rings. The Labute approximate surface area is 189 Å². The molecule has 33 heavy (non-hydrogen) atoms.